The van der Waals surface area contributed by atoms with E-state index in [2.05, 4.69) is 60.2 Å². The second-order valence-electron chi connectivity index (χ2n) is 3.79. The molecule has 0 radical (unpaired) electrons. The zero-order chi connectivity index (χ0) is 9.84. The van der Waals surface area contributed by atoms with E-state index >= 15 is 0 Å². The van der Waals surface area contributed by atoms with Crippen LogP contribution < -0.4 is 5.32 Å². The molecule has 1 nitrogen and oxygen atoms in total. The maximum atomic E-state index is 3.48. The molecule has 1 N–H and O–H groups in total. The normalized spacial score (nSPS) is 10.5. The lowest BCUT2D eigenvalue weighted by Crippen LogP contribution is -2.07. The van der Waals surface area contributed by atoms with Crippen LogP contribution in [0.4, 0.5) is 5.69 Å². The second-order valence-corrected chi connectivity index (χ2v) is 4.71. The summed E-state index contributed by atoms with van der Waals surface area (Å²) in [6.45, 7) is 7.54. The van der Waals surface area contributed by atoms with E-state index in [1.807, 2.05) is 0 Å². The van der Waals surface area contributed by atoms with Crippen molar-refractivity contribution in [1.82, 2.24) is 0 Å². The standard InChI is InChI=1S/C11H16BrN/c1-8(2)7-13-11-5-9(3)4-10(12)6-11/h4-6,8,13H,7H2,1-3H3. The van der Waals surface area contributed by atoms with Crippen LogP contribution in [0.2, 0.25) is 0 Å². The number of aryl methyl sites for hydroxylation is 1. The summed E-state index contributed by atoms with van der Waals surface area (Å²) in [5, 5.41) is 3.40. The summed E-state index contributed by atoms with van der Waals surface area (Å²) in [5.41, 5.74) is 2.47. The van der Waals surface area contributed by atoms with Crippen LogP contribution in [0.3, 0.4) is 0 Å². The molecule has 0 aliphatic heterocycles. The maximum Gasteiger partial charge on any atom is 0.0354 e. The predicted molar refractivity (Wildman–Crippen MR) is 62.2 cm³/mol. The van der Waals surface area contributed by atoms with Gasteiger partial charge in [-0.1, -0.05) is 29.8 Å². The molecule has 13 heavy (non-hydrogen) atoms. The van der Waals surface area contributed by atoms with E-state index < -0.39 is 0 Å². The first kappa shape index (κ1) is 10.6. The molecule has 1 aromatic rings. The molecule has 0 fully saturated rings. The quantitative estimate of drug-likeness (QED) is 0.849. The van der Waals surface area contributed by atoms with E-state index in [9.17, 15) is 0 Å². The smallest absolute Gasteiger partial charge is 0.0354 e. The van der Waals surface area contributed by atoms with E-state index in [0.717, 1.165) is 11.0 Å². The van der Waals surface area contributed by atoms with Crippen LogP contribution in [0.5, 0.6) is 0 Å². The van der Waals surface area contributed by atoms with Gasteiger partial charge in [0.15, 0.2) is 0 Å². The lowest BCUT2D eigenvalue weighted by molar-refractivity contribution is 0.689. The van der Waals surface area contributed by atoms with Crippen molar-refractivity contribution in [2.75, 3.05) is 11.9 Å². The van der Waals surface area contributed by atoms with Crippen molar-refractivity contribution >= 4 is 21.6 Å². The molecule has 0 amide bonds. The Morgan fingerprint density at radius 1 is 1.31 bits per heavy atom. The van der Waals surface area contributed by atoms with E-state index in [1.54, 1.807) is 0 Å². The molecule has 72 valence electrons. The van der Waals surface area contributed by atoms with Crippen molar-refractivity contribution in [2.24, 2.45) is 5.92 Å². The predicted octanol–water partition coefficient (Wildman–Crippen LogP) is 3.83. The molecule has 0 aliphatic carbocycles. The fourth-order valence-electron chi connectivity index (χ4n) is 1.16. The average Bonchev–Trinajstić information content (AvgIpc) is 1.99. The number of hydrogen-bond donors (Lipinski definition) is 1. The van der Waals surface area contributed by atoms with Crippen LogP contribution in [0.25, 0.3) is 0 Å². The highest BCUT2D eigenvalue weighted by molar-refractivity contribution is 9.10. The van der Waals surface area contributed by atoms with Gasteiger partial charge in [-0.2, -0.15) is 0 Å². The average molecular weight is 242 g/mol. The van der Waals surface area contributed by atoms with Crippen molar-refractivity contribution < 1.29 is 0 Å². The molecule has 0 bridgehead atoms. The van der Waals surface area contributed by atoms with E-state index in [1.165, 1.54) is 11.3 Å². The Balaban J connectivity index is 2.66. The Morgan fingerprint density at radius 2 is 2.00 bits per heavy atom. The van der Waals surface area contributed by atoms with Crippen LogP contribution in [0.1, 0.15) is 19.4 Å². The number of hydrogen-bond acceptors (Lipinski definition) is 1. The van der Waals surface area contributed by atoms with Crippen LogP contribution in [0, 0.1) is 12.8 Å². The van der Waals surface area contributed by atoms with Crippen LogP contribution in [-0.2, 0) is 0 Å². The van der Waals surface area contributed by atoms with Gasteiger partial charge in [-0.25, -0.2) is 0 Å². The second kappa shape index (κ2) is 4.66. The Bertz CT molecular complexity index is 261. The van der Waals surface area contributed by atoms with Crippen molar-refractivity contribution in [3.8, 4) is 0 Å². The largest absolute Gasteiger partial charge is 0.385 e. The van der Waals surface area contributed by atoms with Gasteiger partial charge in [0.25, 0.3) is 0 Å². The zero-order valence-electron chi connectivity index (χ0n) is 8.39. The Morgan fingerprint density at radius 3 is 2.54 bits per heavy atom. The van der Waals surface area contributed by atoms with Crippen LogP contribution in [0.15, 0.2) is 22.7 Å². The molecule has 0 heterocycles. The molecular formula is C11H16BrN. The molecule has 1 rings (SSSR count). The van der Waals surface area contributed by atoms with Crippen molar-refractivity contribution in [3.05, 3.63) is 28.2 Å². The molecule has 0 unspecified atom stereocenters. The number of benzene rings is 1. The highest BCUT2D eigenvalue weighted by atomic mass is 79.9. The molecule has 0 aromatic heterocycles. The monoisotopic (exact) mass is 241 g/mol. The number of anilines is 1. The number of rotatable bonds is 3. The van der Waals surface area contributed by atoms with Gasteiger partial charge in [-0.05, 0) is 36.6 Å². The van der Waals surface area contributed by atoms with Gasteiger partial charge in [0, 0.05) is 16.7 Å². The number of nitrogens with one attached hydrogen (secondary N) is 1. The summed E-state index contributed by atoms with van der Waals surface area (Å²) >= 11 is 3.48. The molecule has 0 atom stereocenters. The molecule has 0 aliphatic rings. The third-order valence-electron chi connectivity index (χ3n) is 1.76. The fourth-order valence-corrected chi connectivity index (χ4v) is 1.77. The van der Waals surface area contributed by atoms with Gasteiger partial charge in [0.05, 0.1) is 0 Å². The third-order valence-corrected chi connectivity index (χ3v) is 2.21. The SMILES string of the molecule is Cc1cc(Br)cc(NCC(C)C)c1. The lowest BCUT2D eigenvalue weighted by atomic mass is 10.2. The first-order valence-electron chi connectivity index (χ1n) is 4.59. The summed E-state index contributed by atoms with van der Waals surface area (Å²) in [5.74, 6) is 0.680. The first-order chi connectivity index (χ1) is 6.08. The topological polar surface area (TPSA) is 12.0 Å². The van der Waals surface area contributed by atoms with Gasteiger partial charge < -0.3 is 5.32 Å². The van der Waals surface area contributed by atoms with Crippen molar-refractivity contribution in [3.63, 3.8) is 0 Å². The highest BCUT2D eigenvalue weighted by Gasteiger charge is 1.97. The van der Waals surface area contributed by atoms with E-state index in [-0.39, 0.29) is 0 Å². The van der Waals surface area contributed by atoms with Gasteiger partial charge >= 0.3 is 0 Å². The van der Waals surface area contributed by atoms with Gasteiger partial charge in [0.2, 0.25) is 0 Å². The minimum Gasteiger partial charge on any atom is -0.385 e. The van der Waals surface area contributed by atoms with Crippen molar-refractivity contribution in [2.45, 2.75) is 20.8 Å². The van der Waals surface area contributed by atoms with Gasteiger partial charge in [0.1, 0.15) is 0 Å². The van der Waals surface area contributed by atoms with Crippen molar-refractivity contribution in [1.29, 1.82) is 0 Å². The summed E-state index contributed by atoms with van der Waals surface area (Å²) in [6, 6.07) is 6.38. The zero-order valence-corrected chi connectivity index (χ0v) is 9.98. The van der Waals surface area contributed by atoms with Gasteiger partial charge in [-0.3, -0.25) is 0 Å². The molecule has 0 saturated heterocycles. The Labute approximate surface area is 88.7 Å². The Hall–Kier alpha value is -0.500. The van der Waals surface area contributed by atoms with Crippen LogP contribution >= 0.6 is 15.9 Å². The molecule has 0 spiro atoms. The first-order valence-corrected chi connectivity index (χ1v) is 5.38. The van der Waals surface area contributed by atoms with E-state index in [0.29, 0.717) is 5.92 Å². The number of halogens is 1. The Kier molecular flexibility index (Phi) is 3.79. The minimum atomic E-state index is 0.680. The maximum absolute atomic E-state index is 3.48. The summed E-state index contributed by atoms with van der Waals surface area (Å²) < 4.78 is 1.14. The fraction of sp³-hybridized carbons (Fsp3) is 0.455. The van der Waals surface area contributed by atoms with Crippen LogP contribution in [-0.4, -0.2) is 6.54 Å². The summed E-state index contributed by atoms with van der Waals surface area (Å²) in [4.78, 5) is 0. The van der Waals surface area contributed by atoms with E-state index in [4.69, 9.17) is 0 Å². The molecule has 1 aromatic carbocycles. The molecular weight excluding hydrogens is 226 g/mol. The van der Waals surface area contributed by atoms with Gasteiger partial charge in [-0.15, -0.1) is 0 Å². The highest BCUT2D eigenvalue weighted by Crippen LogP contribution is 2.19. The third kappa shape index (κ3) is 3.81. The molecule has 0 saturated carbocycles. The minimum absolute atomic E-state index is 0.680. The lowest BCUT2D eigenvalue weighted by Gasteiger charge is -2.09. The summed E-state index contributed by atoms with van der Waals surface area (Å²) in [7, 11) is 0. The summed E-state index contributed by atoms with van der Waals surface area (Å²) in [6.07, 6.45) is 0. The molecule has 2 heteroatoms.